The normalized spacial score (nSPS) is 9.23. The number of rotatable bonds is 3. The molecule has 0 atom stereocenters. The third-order valence-corrected chi connectivity index (χ3v) is 2.69. The van der Waals surface area contributed by atoms with E-state index in [0.717, 1.165) is 0 Å². The molecule has 0 spiro atoms. The molecule has 0 radical (unpaired) electrons. The van der Waals surface area contributed by atoms with Crippen molar-refractivity contribution in [2.24, 2.45) is 0 Å². The molecule has 1 rings (SSSR count). The van der Waals surface area contributed by atoms with Crippen molar-refractivity contribution >= 4 is 28.8 Å². The maximum absolute atomic E-state index is 11.3. The zero-order chi connectivity index (χ0) is 9.68. The molecule has 13 heavy (non-hydrogen) atoms. The number of hydrogen-bond donors (Lipinski definition) is 1. The lowest BCUT2D eigenvalue weighted by molar-refractivity contribution is 0.0958. The number of nitrogens with zero attached hydrogens (tertiary/aromatic N) is 1. The van der Waals surface area contributed by atoms with Crippen molar-refractivity contribution in [3.63, 3.8) is 0 Å². The molecule has 5 heteroatoms. The van der Waals surface area contributed by atoms with Gasteiger partial charge in [0.15, 0.2) is 0 Å². The summed E-state index contributed by atoms with van der Waals surface area (Å²) >= 11 is 7.02. The Balaban J connectivity index is 2.50. The highest BCUT2D eigenvalue weighted by atomic mass is 35.5. The molecular formula is C8H7ClN2OS. The molecule has 1 N–H and O–H groups in total. The summed E-state index contributed by atoms with van der Waals surface area (Å²) in [6.45, 7) is 0.365. The van der Waals surface area contributed by atoms with Gasteiger partial charge in [-0.05, 0) is 11.4 Å². The van der Waals surface area contributed by atoms with Crippen LogP contribution in [-0.4, -0.2) is 12.5 Å². The Morgan fingerprint density at radius 1 is 1.77 bits per heavy atom. The number of amides is 1. The Hall–Kier alpha value is -1.05. The van der Waals surface area contributed by atoms with E-state index in [1.807, 2.05) is 6.07 Å². The topological polar surface area (TPSA) is 52.9 Å². The number of thiophene rings is 1. The second-order valence-corrected chi connectivity index (χ2v) is 3.58. The van der Waals surface area contributed by atoms with Gasteiger partial charge in [0.2, 0.25) is 0 Å². The summed E-state index contributed by atoms with van der Waals surface area (Å²) in [5, 5.41) is 13.0. The van der Waals surface area contributed by atoms with E-state index in [2.05, 4.69) is 5.32 Å². The molecule has 1 amide bonds. The highest BCUT2D eigenvalue weighted by Crippen LogP contribution is 2.21. The summed E-state index contributed by atoms with van der Waals surface area (Å²) in [5.74, 6) is -0.213. The number of carbonyl (C=O) groups is 1. The minimum atomic E-state index is -0.213. The zero-order valence-corrected chi connectivity index (χ0v) is 8.28. The van der Waals surface area contributed by atoms with Crippen molar-refractivity contribution in [2.75, 3.05) is 6.54 Å². The monoisotopic (exact) mass is 214 g/mol. The Morgan fingerprint density at radius 2 is 2.54 bits per heavy atom. The van der Waals surface area contributed by atoms with Crippen LogP contribution in [0.25, 0.3) is 0 Å². The number of nitriles is 1. The van der Waals surface area contributed by atoms with Crippen LogP contribution in [0.15, 0.2) is 11.4 Å². The zero-order valence-electron chi connectivity index (χ0n) is 6.71. The van der Waals surface area contributed by atoms with Gasteiger partial charge >= 0.3 is 0 Å². The second-order valence-electron chi connectivity index (χ2n) is 2.26. The maximum Gasteiger partial charge on any atom is 0.262 e. The quantitative estimate of drug-likeness (QED) is 0.783. The molecule has 0 aliphatic carbocycles. The first-order valence-electron chi connectivity index (χ1n) is 3.64. The number of hydrogen-bond acceptors (Lipinski definition) is 3. The Morgan fingerprint density at radius 3 is 3.08 bits per heavy atom. The molecule has 1 aromatic rings. The van der Waals surface area contributed by atoms with Gasteiger partial charge in [0.05, 0.1) is 17.5 Å². The standard InChI is InChI=1S/C8H7ClN2OS/c9-6-2-5-13-7(6)8(12)11-4-1-3-10/h2,5H,1,4H2,(H,11,12). The minimum Gasteiger partial charge on any atom is -0.350 e. The highest BCUT2D eigenvalue weighted by molar-refractivity contribution is 7.12. The summed E-state index contributed by atoms with van der Waals surface area (Å²) < 4.78 is 0. The second kappa shape index (κ2) is 4.85. The predicted octanol–water partition coefficient (Wildman–Crippen LogP) is 2.04. The SMILES string of the molecule is N#CCCNC(=O)c1sccc1Cl. The Bertz CT molecular complexity index is 342. The molecule has 3 nitrogen and oxygen atoms in total. The van der Waals surface area contributed by atoms with Gasteiger partial charge in [-0.3, -0.25) is 4.79 Å². The van der Waals surface area contributed by atoms with E-state index in [0.29, 0.717) is 22.9 Å². The summed E-state index contributed by atoms with van der Waals surface area (Å²) in [6.07, 6.45) is 0.314. The van der Waals surface area contributed by atoms with Crippen molar-refractivity contribution in [1.82, 2.24) is 5.32 Å². The molecule has 0 aromatic carbocycles. The van der Waals surface area contributed by atoms with Gasteiger partial charge in [0.25, 0.3) is 5.91 Å². The number of carbonyl (C=O) groups excluding carboxylic acids is 1. The fraction of sp³-hybridized carbons (Fsp3) is 0.250. The van der Waals surface area contributed by atoms with Crippen LogP contribution in [0.1, 0.15) is 16.1 Å². The first-order valence-corrected chi connectivity index (χ1v) is 4.89. The first-order chi connectivity index (χ1) is 6.25. The summed E-state index contributed by atoms with van der Waals surface area (Å²) in [7, 11) is 0. The molecule has 0 fully saturated rings. The predicted molar refractivity (Wildman–Crippen MR) is 51.9 cm³/mol. The first kappa shape index (κ1) is 10.0. The Kier molecular flexibility index (Phi) is 3.74. The molecule has 0 bridgehead atoms. The van der Waals surface area contributed by atoms with E-state index in [1.165, 1.54) is 11.3 Å². The highest BCUT2D eigenvalue weighted by Gasteiger charge is 2.10. The van der Waals surface area contributed by atoms with E-state index in [-0.39, 0.29) is 5.91 Å². The van der Waals surface area contributed by atoms with Crippen molar-refractivity contribution < 1.29 is 4.79 Å². The van der Waals surface area contributed by atoms with Crippen LogP contribution >= 0.6 is 22.9 Å². The van der Waals surface area contributed by atoms with Crippen LogP contribution in [-0.2, 0) is 0 Å². The molecule has 0 unspecified atom stereocenters. The molecule has 1 heterocycles. The van der Waals surface area contributed by atoms with Crippen LogP contribution in [0.3, 0.4) is 0 Å². The molecule has 68 valence electrons. The number of halogens is 1. The Labute approximate surface area is 84.9 Å². The van der Waals surface area contributed by atoms with E-state index < -0.39 is 0 Å². The van der Waals surface area contributed by atoms with Crippen LogP contribution in [0, 0.1) is 11.3 Å². The van der Waals surface area contributed by atoms with E-state index in [1.54, 1.807) is 11.4 Å². The van der Waals surface area contributed by atoms with E-state index in [4.69, 9.17) is 16.9 Å². The van der Waals surface area contributed by atoms with Crippen molar-refractivity contribution in [3.8, 4) is 6.07 Å². The molecule has 0 saturated carbocycles. The average Bonchev–Trinajstić information content (AvgIpc) is 2.52. The van der Waals surface area contributed by atoms with Crippen LogP contribution in [0.2, 0.25) is 5.02 Å². The fourth-order valence-corrected chi connectivity index (χ4v) is 1.83. The van der Waals surface area contributed by atoms with Gasteiger partial charge in [-0.1, -0.05) is 11.6 Å². The largest absolute Gasteiger partial charge is 0.350 e. The molecular weight excluding hydrogens is 208 g/mol. The van der Waals surface area contributed by atoms with Crippen molar-refractivity contribution in [2.45, 2.75) is 6.42 Å². The lowest BCUT2D eigenvalue weighted by Gasteiger charge is -1.99. The smallest absolute Gasteiger partial charge is 0.262 e. The number of nitrogens with one attached hydrogen (secondary N) is 1. The van der Waals surface area contributed by atoms with Gasteiger partial charge < -0.3 is 5.32 Å². The fourth-order valence-electron chi connectivity index (χ4n) is 0.768. The lowest BCUT2D eigenvalue weighted by atomic mass is 10.4. The minimum absolute atomic E-state index is 0.213. The van der Waals surface area contributed by atoms with E-state index >= 15 is 0 Å². The third-order valence-electron chi connectivity index (χ3n) is 1.35. The summed E-state index contributed by atoms with van der Waals surface area (Å²) in [5.41, 5.74) is 0. The molecule has 0 aliphatic heterocycles. The van der Waals surface area contributed by atoms with Crippen molar-refractivity contribution in [3.05, 3.63) is 21.3 Å². The van der Waals surface area contributed by atoms with Crippen LogP contribution < -0.4 is 5.32 Å². The van der Waals surface area contributed by atoms with Gasteiger partial charge in [-0.25, -0.2) is 0 Å². The van der Waals surface area contributed by atoms with E-state index in [9.17, 15) is 4.79 Å². The molecule has 1 aromatic heterocycles. The van der Waals surface area contributed by atoms with Gasteiger partial charge in [0, 0.05) is 6.54 Å². The van der Waals surface area contributed by atoms with Crippen LogP contribution in [0.4, 0.5) is 0 Å². The lowest BCUT2D eigenvalue weighted by Crippen LogP contribution is -2.23. The van der Waals surface area contributed by atoms with Gasteiger partial charge in [-0.2, -0.15) is 5.26 Å². The third kappa shape index (κ3) is 2.72. The molecule has 0 saturated heterocycles. The summed E-state index contributed by atoms with van der Waals surface area (Å²) in [4.78, 5) is 11.8. The maximum atomic E-state index is 11.3. The van der Waals surface area contributed by atoms with Crippen LogP contribution in [0.5, 0.6) is 0 Å². The molecule has 0 aliphatic rings. The van der Waals surface area contributed by atoms with Gasteiger partial charge in [-0.15, -0.1) is 11.3 Å². The van der Waals surface area contributed by atoms with Crippen molar-refractivity contribution in [1.29, 1.82) is 5.26 Å². The average molecular weight is 215 g/mol. The summed E-state index contributed by atoms with van der Waals surface area (Å²) in [6, 6.07) is 3.61. The van der Waals surface area contributed by atoms with Gasteiger partial charge in [0.1, 0.15) is 4.88 Å².